The normalized spacial score (nSPS) is 13.6. The predicted octanol–water partition coefficient (Wildman–Crippen LogP) is 2.26. The quantitative estimate of drug-likeness (QED) is 0.858. The standard InChI is InChI=1S/C12H18FNO2/c1-12(2,16-4)11(14)9-6-5-8(15-3)7-10(9)13/h5-7,11H,14H2,1-4H3. The third kappa shape index (κ3) is 2.51. The summed E-state index contributed by atoms with van der Waals surface area (Å²) in [4.78, 5) is 0. The summed E-state index contributed by atoms with van der Waals surface area (Å²) in [6, 6.07) is 4.10. The van der Waals surface area contributed by atoms with Gasteiger partial charge >= 0.3 is 0 Å². The van der Waals surface area contributed by atoms with E-state index >= 15 is 0 Å². The Hall–Kier alpha value is -1.13. The van der Waals surface area contributed by atoms with Crippen molar-refractivity contribution in [1.29, 1.82) is 0 Å². The molecule has 0 radical (unpaired) electrons. The summed E-state index contributed by atoms with van der Waals surface area (Å²) in [5.74, 6) is 0.0978. The van der Waals surface area contributed by atoms with Crippen LogP contribution in [0.25, 0.3) is 0 Å². The molecule has 0 saturated carbocycles. The van der Waals surface area contributed by atoms with Gasteiger partial charge in [0.25, 0.3) is 0 Å². The lowest BCUT2D eigenvalue weighted by molar-refractivity contribution is -0.000911. The number of benzene rings is 1. The molecule has 0 aliphatic rings. The highest BCUT2D eigenvalue weighted by atomic mass is 19.1. The molecule has 0 spiro atoms. The lowest BCUT2D eigenvalue weighted by Crippen LogP contribution is -2.37. The maximum absolute atomic E-state index is 13.7. The van der Waals surface area contributed by atoms with Crippen molar-refractivity contribution in [2.45, 2.75) is 25.5 Å². The summed E-state index contributed by atoms with van der Waals surface area (Å²) in [6.45, 7) is 3.64. The van der Waals surface area contributed by atoms with Gasteiger partial charge in [0.1, 0.15) is 11.6 Å². The Balaban J connectivity index is 3.05. The highest BCUT2D eigenvalue weighted by Crippen LogP contribution is 2.29. The molecule has 0 saturated heterocycles. The summed E-state index contributed by atoms with van der Waals surface area (Å²) >= 11 is 0. The van der Waals surface area contributed by atoms with Crippen molar-refractivity contribution in [3.8, 4) is 5.75 Å². The van der Waals surface area contributed by atoms with Gasteiger partial charge in [-0.3, -0.25) is 0 Å². The van der Waals surface area contributed by atoms with Gasteiger partial charge in [0.15, 0.2) is 0 Å². The smallest absolute Gasteiger partial charge is 0.131 e. The second-order valence-electron chi connectivity index (χ2n) is 4.17. The number of nitrogens with two attached hydrogens (primary N) is 1. The van der Waals surface area contributed by atoms with E-state index in [4.69, 9.17) is 15.2 Å². The molecule has 1 rings (SSSR count). The molecular weight excluding hydrogens is 209 g/mol. The molecule has 0 aliphatic heterocycles. The van der Waals surface area contributed by atoms with Crippen LogP contribution in [0.4, 0.5) is 4.39 Å². The van der Waals surface area contributed by atoms with Gasteiger partial charge in [0, 0.05) is 18.7 Å². The highest BCUT2D eigenvalue weighted by molar-refractivity contribution is 5.31. The molecule has 4 heteroatoms. The van der Waals surface area contributed by atoms with Crippen LogP contribution >= 0.6 is 0 Å². The van der Waals surface area contributed by atoms with E-state index < -0.39 is 11.6 Å². The number of methoxy groups -OCH3 is 2. The van der Waals surface area contributed by atoms with Gasteiger partial charge in [-0.15, -0.1) is 0 Å². The molecule has 16 heavy (non-hydrogen) atoms. The van der Waals surface area contributed by atoms with Crippen LogP contribution in [0.3, 0.4) is 0 Å². The number of hydrogen-bond donors (Lipinski definition) is 1. The average molecular weight is 227 g/mol. The molecule has 0 aliphatic carbocycles. The van der Waals surface area contributed by atoms with E-state index in [0.29, 0.717) is 11.3 Å². The summed E-state index contributed by atoms with van der Waals surface area (Å²) in [7, 11) is 3.05. The molecular formula is C12H18FNO2. The summed E-state index contributed by atoms with van der Waals surface area (Å²) in [6.07, 6.45) is 0. The van der Waals surface area contributed by atoms with E-state index in [0.717, 1.165) is 0 Å². The Kier molecular flexibility index (Phi) is 3.88. The molecule has 1 aromatic rings. The zero-order valence-electron chi connectivity index (χ0n) is 10.1. The maximum atomic E-state index is 13.7. The van der Waals surface area contributed by atoms with Gasteiger partial charge in [-0.05, 0) is 19.9 Å². The minimum Gasteiger partial charge on any atom is -0.497 e. The number of rotatable bonds is 4. The third-order valence-corrected chi connectivity index (χ3v) is 2.82. The van der Waals surface area contributed by atoms with Crippen molar-refractivity contribution in [2.75, 3.05) is 14.2 Å². The molecule has 0 amide bonds. The van der Waals surface area contributed by atoms with Gasteiger partial charge in [0.2, 0.25) is 0 Å². The molecule has 0 heterocycles. The van der Waals surface area contributed by atoms with Crippen molar-refractivity contribution in [2.24, 2.45) is 5.73 Å². The van der Waals surface area contributed by atoms with E-state index in [-0.39, 0.29) is 5.82 Å². The van der Waals surface area contributed by atoms with Crippen LogP contribution in [-0.4, -0.2) is 19.8 Å². The number of halogens is 1. The molecule has 0 fully saturated rings. The molecule has 0 bridgehead atoms. The van der Waals surface area contributed by atoms with Gasteiger partial charge < -0.3 is 15.2 Å². The SMILES string of the molecule is COc1ccc(C(N)C(C)(C)OC)c(F)c1. The van der Waals surface area contributed by atoms with Crippen molar-refractivity contribution in [1.82, 2.24) is 0 Å². The lowest BCUT2D eigenvalue weighted by Gasteiger charge is -2.30. The molecule has 0 aromatic heterocycles. The maximum Gasteiger partial charge on any atom is 0.131 e. The molecule has 1 aromatic carbocycles. The van der Waals surface area contributed by atoms with E-state index in [1.807, 2.05) is 13.8 Å². The second-order valence-corrected chi connectivity index (χ2v) is 4.17. The molecule has 3 nitrogen and oxygen atoms in total. The van der Waals surface area contributed by atoms with Crippen molar-refractivity contribution < 1.29 is 13.9 Å². The van der Waals surface area contributed by atoms with Gasteiger partial charge in [-0.2, -0.15) is 0 Å². The molecule has 90 valence electrons. The summed E-state index contributed by atoms with van der Waals surface area (Å²) in [5.41, 5.74) is 5.78. The van der Waals surface area contributed by atoms with Crippen LogP contribution in [0.2, 0.25) is 0 Å². The Bertz CT molecular complexity index is 366. The lowest BCUT2D eigenvalue weighted by atomic mass is 9.92. The Morgan fingerprint density at radius 3 is 2.38 bits per heavy atom. The number of hydrogen-bond acceptors (Lipinski definition) is 3. The van der Waals surface area contributed by atoms with Crippen LogP contribution in [0.5, 0.6) is 5.75 Å². The zero-order chi connectivity index (χ0) is 12.3. The zero-order valence-corrected chi connectivity index (χ0v) is 10.1. The topological polar surface area (TPSA) is 44.5 Å². The molecule has 1 unspecified atom stereocenters. The minimum atomic E-state index is -0.616. The summed E-state index contributed by atoms with van der Waals surface area (Å²) in [5, 5.41) is 0. The minimum absolute atomic E-state index is 0.378. The Morgan fingerprint density at radius 1 is 1.31 bits per heavy atom. The largest absolute Gasteiger partial charge is 0.497 e. The first kappa shape index (κ1) is 12.9. The van der Waals surface area contributed by atoms with E-state index in [9.17, 15) is 4.39 Å². The van der Waals surface area contributed by atoms with Crippen LogP contribution in [0.1, 0.15) is 25.5 Å². The second kappa shape index (κ2) is 4.80. The van der Waals surface area contributed by atoms with Gasteiger partial charge in [-0.25, -0.2) is 4.39 Å². The third-order valence-electron chi connectivity index (χ3n) is 2.82. The van der Waals surface area contributed by atoms with Crippen molar-refractivity contribution in [3.05, 3.63) is 29.6 Å². The van der Waals surface area contributed by atoms with Crippen LogP contribution in [0, 0.1) is 5.82 Å². The van der Waals surface area contributed by atoms with Crippen LogP contribution in [-0.2, 0) is 4.74 Å². The monoisotopic (exact) mass is 227 g/mol. The van der Waals surface area contributed by atoms with Gasteiger partial charge in [-0.1, -0.05) is 6.07 Å². The Morgan fingerprint density at radius 2 is 1.94 bits per heavy atom. The fourth-order valence-electron chi connectivity index (χ4n) is 1.39. The van der Waals surface area contributed by atoms with Crippen molar-refractivity contribution >= 4 is 0 Å². The molecule has 1 atom stereocenters. The highest BCUT2D eigenvalue weighted by Gasteiger charge is 2.29. The van der Waals surface area contributed by atoms with Crippen molar-refractivity contribution in [3.63, 3.8) is 0 Å². The first-order valence-corrected chi connectivity index (χ1v) is 5.06. The predicted molar refractivity (Wildman–Crippen MR) is 61.0 cm³/mol. The van der Waals surface area contributed by atoms with E-state index in [1.165, 1.54) is 13.2 Å². The van der Waals surface area contributed by atoms with Crippen LogP contribution in [0.15, 0.2) is 18.2 Å². The Labute approximate surface area is 95.4 Å². The van der Waals surface area contributed by atoms with E-state index in [2.05, 4.69) is 0 Å². The average Bonchev–Trinajstić information content (AvgIpc) is 2.28. The van der Waals surface area contributed by atoms with Gasteiger partial charge in [0.05, 0.1) is 18.8 Å². The fraction of sp³-hybridized carbons (Fsp3) is 0.500. The fourth-order valence-corrected chi connectivity index (χ4v) is 1.39. The van der Waals surface area contributed by atoms with E-state index in [1.54, 1.807) is 19.2 Å². The first-order chi connectivity index (χ1) is 7.42. The molecule has 2 N–H and O–H groups in total. The number of ether oxygens (including phenoxy) is 2. The summed E-state index contributed by atoms with van der Waals surface area (Å²) < 4.78 is 23.9. The van der Waals surface area contributed by atoms with Crippen LogP contribution < -0.4 is 10.5 Å². The first-order valence-electron chi connectivity index (χ1n) is 5.06.